The molecule has 2 amide bonds. The van der Waals surface area contributed by atoms with Crippen LogP contribution in [-0.4, -0.2) is 47.3 Å². The van der Waals surface area contributed by atoms with E-state index in [4.69, 9.17) is 0 Å². The summed E-state index contributed by atoms with van der Waals surface area (Å²) >= 11 is 0. The van der Waals surface area contributed by atoms with Crippen molar-refractivity contribution in [3.05, 3.63) is 24.4 Å². The maximum absolute atomic E-state index is 12.2. The van der Waals surface area contributed by atoms with E-state index in [1.165, 1.54) is 0 Å². The van der Waals surface area contributed by atoms with Crippen LogP contribution >= 0.6 is 12.4 Å². The molecule has 1 aliphatic rings. The van der Waals surface area contributed by atoms with Crippen molar-refractivity contribution in [1.29, 1.82) is 0 Å². The van der Waals surface area contributed by atoms with Crippen LogP contribution in [0.25, 0.3) is 10.9 Å². The maximum atomic E-state index is 12.2. The normalized spacial score (nSPS) is 15.5. The van der Waals surface area contributed by atoms with Gasteiger partial charge in [0.25, 0.3) is 0 Å². The number of H-pyrrole nitrogens is 1. The van der Waals surface area contributed by atoms with Crippen LogP contribution in [0.4, 0.5) is 10.5 Å². The zero-order valence-corrected chi connectivity index (χ0v) is 11.9. The van der Waals surface area contributed by atoms with Crippen molar-refractivity contribution in [2.75, 3.05) is 31.5 Å². The Morgan fingerprint density at radius 3 is 3.10 bits per heavy atom. The summed E-state index contributed by atoms with van der Waals surface area (Å²) in [5.41, 5.74) is 1.77. The Balaban J connectivity index is 0.00000147. The number of aromatic amines is 1. The highest BCUT2D eigenvalue weighted by molar-refractivity contribution is 5.92. The van der Waals surface area contributed by atoms with Gasteiger partial charge in [-0.25, -0.2) is 4.79 Å². The number of carbonyl (C=O) groups is 1. The molecular formula is C13H18ClN5O. The van der Waals surface area contributed by atoms with Gasteiger partial charge in [0, 0.05) is 30.7 Å². The highest BCUT2D eigenvalue weighted by Gasteiger charge is 2.15. The lowest BCUT2D eigenvalue weighted by molar-refractivity contribution is 0.215. The molecule has 0 bridgehead atoms. The van der Waals surface area contributed by atoms with E-state index in [0.29, 0.717) is 0 Å². The molecule has 20 heavy (non-hydrogen) atoms. The molecule has 0 atom stereocenters. The fourth-order valence-electron chi connectivity index (χ4n) is 2.27. The van der Waals surface area contributed by atoms with Crippen LogP contribution in [0.1, 0.15) is 6.42 Å². The predicted octanol–water partition coefficient (Wildman–Crippen LogP) is 1.81. The molecule has 6 nitrogen and oxygen atoms in total. The van der Waals surface area contributed by atoms with Crippen LogP contribution in [-0.2, 0) is 0 Å². The minimum atomic E-state index is -0.0356. The second-order valence-corrected chi connectivity index (χ2v) is 4.69. The number of fused-ring (bicyclic) bond motifs is 1. The standard InChI is InChI=1S/C13H17N5O.ClH/c19-13(18-6-1-4-14-5-7-18)16-11-2-3-12-10(8-11)9-15-17-12;/h2-3,8-9,14H,1,4-7H2,(H,15,17)(H,16,19);1H. The third kappa shape index (κ3) is 3.20. The first-order valence-corrected chi connectivity index (χ1v) is 6.53. The molecule has 7 heteroatoms. The van der Waals surface area contributed by atoms with Crippen molar-refractivity contribution in [1.82, 2.24) is 20.4 Å². The number of halogens is 1. The number of hydrogen-bond acceptors (Lipinski definition) is 3. The fraction of sp³-hybridized carbons (Fsp3) is 0.385. The number of aromatic nitrogens is 2. The minimum Gasteiger partial charge on any atom is -0.323 e. The number of nitrogens with zero attached hydrogens (tertiary/aromatic N) is 2. The summed E-state index contributed by atoms with van der Waals surface area (Å²) in [5.74, 6) is 0. The van der Waals surface area contributed by atoms with E-state index < -0.39 is 0 Å². The number of hydrogen-bond donors (Lipinski definition) is 3. The van der Waals surface area contributed by atoms with Crippen LogP contribution in [0.15, 0.2) is 24.4 Å². The molecule has 1 aromatic heterocycles. The Bertz CT molecular complexity index is 577. The summed E-state index contributed by atoms with van der Waals surface area (Å²) in [6, 6.07) is 5.69. The van der Waals surface area contributed by atoms with Crippen molar-refractivity contribution >= 4 is 35.0 Å². The highest BCUT2D eigenvalue weighted by Crippen LogP contribution is 2.17. The molecule has 0 unspecified atom stereocenters. The second kappa shape index (κ2) is 6.58. The van der Waals surface area contributed by atoms with Crippen LogP contribution < -0.4 is 10.6 Å². The van der Waals surface area contributed by atoms with Gasteiger partial charge in [0.1, 0.15) is 0 Å². The molecule has 108 valence electrons. The lowest BCUT2D eigenvalue weighted by Crippen LogP contribution is -2.37. The molecule has 2 heterocycles. The van der Waals surface area contributed by atoms with Crippen molar-refractivity contribution in [3.63, 3.8) is 0 Å². The summed E-state index contributed by atoms with van der Waals surface area (Å²) in [6.45, 7) is 3.38. The summed E-state index contributed by atoms with van der Waals surface area (Å²) in [6.07, 6.45) is 2.75. The quantitative estimate of drug-likeness (QED) is 0.751. The van der Waals surface area contributed by atoms with Gasteiger partial charge in [-0.1, -0.05) is 0 Å². The lowest BCUT2D eigenvalue weighted by atomic mass is 10.2. The fourth-order valence-corrected chi connectivity index (χ4v) is 2.27. The van der Waals surface area contributed by atoms with Crippen molar-refractivity contribution in [2.45, 2.75) is 6.42 Å². The summed E-state index contributed by atoms with van der Waals surface area (Å²) in [5, 5.41) is 14.1. The number of urea groups is 1. The summed E-state index contributed by atoms with van der Waals surface area (Å²) in [4.78, 5) is 14.0. The number of rotatable bonds is 1. The largest absolute Gasteiger partial charge is 0.323 e. The van der Waals surface area contributed by atoms with E-state index in [9.17, 15) is 4.79 Å². The van der Waals surface area contributed by atoms with Gasteiger partial charge < -0.3 is 15.5 Å². The van der Waals surface area contributed by atoms with Gasteiger partial charge in [0.2, 0.25) is 0 Å². The van der Waals surface area contributed by atoms with Crippen LogP contribution in [0.5, 0.6) is 0 Å². The average Bonchev–Trinajstić information content (AvgIpc) is 2.71. The van der Waals surface area contributed by atoms with Gasteiger partial charge in [0.05, 0.1) is 11.7 Å². The molecule has 0 aliphatic carbocycles. The van der Waals surface area contributed by atoms with Gasteiger partial charge in [-0.05, 0) is 31.2 Å². The summed E-state index contributed by atoms with van der Waals surface area (Å²) in [7, 11) is 0. The summed E-state index contributed by atoms with van der Waals surface area (Å²) < 4.78 is 0. The molecular weight excluding hydrogens is 278 g/mol. The monoisotopic (exact) mass is 295 g/mol. The SMILES string of the molecule is Cl.O=C(Nc1ccc2[nH]ncc2c1)N1CCCNCC1. The van der Waals surface area contributed by atoms with Crippen molar-refractivity contribution < 1.29 is 4.79 Å². The zero-order valence-electron chi connectivity index (χ0n) is 11.1. The third-order valence-corrected chi connectivity index (χ3v) is 3.32. The second-order valence-electron chi connectivity index (χ2n) is 4.69. The van der Waals surface area contributed by atoms with E-state index in [0.717, 1.165) is 49.2 Å². The molecule has 0 saturated carbocycles. The number of amides is 2. The average molecular weight is 296 g/mol. The van der Waals surface area contributed by atoms with E-state index in [-0.39, 0.29) is 18.4 Å². The van der Waals surface area contributed by atoms with Gasteiger partial charge in [-0.3, -0.25) is 5.10 Å². The number of benzene rings is 1. The van der Waals surface area contributed by atoms with Crippen LogP contribution in [0, 0.1) is 0 Å². The Labute approximate surface area is 123 Å². The molecule has 0 spiro atoms. The topological polar surface area (TPSA) is 73.0 Å². The van der Waals surface area contributed by atoms with Crippen molar-refractivity contribution in [3.8, 4) is 0 Å². The Morgan fingerprint density at radius 2 is 2.20 bits per heavy atom. The minimum absolute atomic E-state index is 0. The molecule has 1 fully saturated rings. The van der Waals surface area contributed by atoms with Crippen LogP contribution in [0.2, 0.25) is 0 Å². The first-order chi connectivity index (χ1) is 9.33. The maximum Gasteiger partial charge on any atom is 0.321 e. The van der Waals surface area contributed by atoms with E-state index in [2.05, 4.69) is 20.8 Å². The van der Waals surface area contributed by atoms with Gasteiger partial charge in [0.15, 0.2) is 0 Å². The van der Waals surface area contributed by atoms with E-state index >= 15 is 0 Å². The van der Waals surface area contributed by atoms with Gasteiger partial charge >= 0.3 is 6.03 Å². The van der Waals surface area contributed by atoms with Gasteiger partial charge in [-0.15, -0.1) is 12.4 Å². The predicted molar refractivity (Wildman–Crippen MR) is 81.4 cm³/mol. The molecule has 1 saturated heterocycles. The molecule has 3 rings (SSSR count). The smallest absolute Gasteiger partial charge is 0.321 e. The van der Waals surface area contributed by atoms with Crippen LogP contribution in [0.3, 0.4) is 0 Å². The number of carbonyl (C=O) groups excluding carboxylic acids is 1. The molecule has 3 N–H and O–H groups in total. The van der Waals surface area contributed by atoms with Gasteiger partial charge in [-0.2, -0.15) is 5.10 Å². The number of nitrogens with one attached hydrogen (secondary N) is 3. The Hall–Kier alpha value is -1.79. The molecule has 0 radical (unpaired) electrons. The Kier molecular flexibility index (Phi) is 4.81. The first kappa shape index (κ1) is 14.6. The van der Waals surface area contributed by atoms with E-state index in [1.54, 1.807) is 6.20 Å². The lowest BCUT2D eigenvalue weighted by Gasteiger charge is -2.20. The highest BCUT2D eigenvalue weighted by atomic mass is 35.5. The Morgan fingerprint density at radius 1 is 1.30 bits per heavy atom. The molecule has 2 aromatic rings. The first-order valence-electron chi connectivity index (χ1n) is 6.53. The number of anilines is 1. The van der Waals surface area contributed by atoms with Crippen molar-refractivity contribution in [2.24, 2.45) is 0 Å². The molecule has 1 aromatic carbocycles. The zero-order chi connectivity index (χ0) is 13.1. The molecule has 1 aliphatic heterocycles. The third-order valence-electron chi connectivity index (χ3n) is 3.32. The van der Waals surface area contributed by atoms with E-state index in [1.807, 2.05) is 23.1 Å².